The third-order valence-corrected chi connectivity index (χ3v) is 15.7. The van der Waals surface area contributed by atoms with Crippen molar-refractivity contribution in [3.8, 4) is 0 Å². The first-order valence-electron chi connectivity index (χ1n) is 12.5. The van der Waals surface area contributed by atoms with Gasteiger partial charge in [0, 0.05) is 7.11 Å². The normalized spacial score (nSPS) is 27.8. The highest BCUT2D eigenvalue weighted by atomic mass is 79.9. The van der Waals surface area contributed by atoms with Crippen molar-refractivity contribution >= 4 is 40.2 Å². The highest BCUT2D eigenvalue weighted by molar-refractivity contribution is 9.10. The van der Waals surface area contributed by atoms with Gasteiger partial charge in [-0.2, -0.15) is 0 Å². The molecule has 9 heteroatoms. The molecule has 1 aliphatic heterocycles. The van der Waals surface area contributed by atoms with E-state index in [4.69, 9.17) is 23.4 Å². The molecule has 0 aliphatic carbocycles. The van der Waals surface area contributed by atoms with Crippen LogP contribution in [0.4, 0.5) is 0 Å². The van der Waals surface area contributed by atoms with Crippen LogP contribution in [0.2, 0.25) is 16.6 Å². The van der Waals surface area contributed by atoms with Gasteiger partial charge >= 0.3 is 0 Å². The Bertz CT molecular complexity index is 716. The van der Waals surface area contributed by atoms with E-state index in [9.17, 15) is 5.11 Å². The summed E-state index contributed by atoms with van der Waals surface area (Å²) in [4.78, 5) is -0.483. The first-order valence-corrected chi connectivity index (χ1v) is 16.5. The fraction of sp³-hybridized carbons (Fsp3) is 0.769. The van der Waals surface area contributed by atoms with E-state index in [2.05, 4.69) is 73.4 Å². The third-order valence-electron chi connectivity index (χ3n) is 7.15. The predicted octanol–water partition coefficient (Wildman–Crippen LogP) is 6.04. The number of methoxy groups -OCH3 is 1. The molecule has 1 aliphatic rings. The minimum Gasteiger partial charge on any atom is -0.413 e. The van der Waals surface area contributed by atoms with Gasteiger partial charge in [-0.3, -0.25) is 0 Å². The highest BCUT2D eigenvalue weighted by Gasteiger charge is 2.55. The lowest BCUT2D eigenvalue weighted by Gasteiger charge is -2.50. The fourth-order valence-corrected chi connectivity index (χ4v) is 12.9. The minimum absolute atomic E-state index is 0.136. The van der Waals surface area contributed by atoms with E-state index < -0.39 is 13.9 Å². The van der Waals surface area contributed by atoms with Gasteiger partial charge in [0.1, 0.15) is 12.4 Å². The van der Waals surface area contributed by atoms with Gasteiger partial charge in [-0.25, -0.2) is 0 Å². The first kappa shape index (κ1) is 31.4. The molecule has 0 unspecified atom stereocenters. The summed E-state index contributed by atoms with van der Waals surface area (Å²) >= 11 is 7.61. The average Bonchev–Trinajstić information content (AvgIpc) is 2.82. The summed E-state index contributed by atoms with van der Waals surface area (Å²) in [6.07, 6.45) is -0.653. The van der Waals surface area contributed by atoms with E-state index in [-0.39, 0.29) is 41.9 Å². The van der Waals surface area contributed by atoms with Crippen LogP contribution in [0.5, 0.6) is 0 Å². The lowest BCUT2D eigenvalue weighted by Crippen LogP contribution is -2.66. The molecule has 1 fully saturated rings. The van der Waals surface area contributed by atoms with E-state index in [1.165, 1.54) is 0 Å². The van der Waals surface area contributed by atoms with Gasteiger partial charge in [0.25, 0.3) is 0 Å². The fourth-order valence-electron chi connectivity index (χ4n) is 5.48. The number of benzene rings is 1. The lowest BCUT2D eigenvalue weighted by atomic mass is 9.90. The van der Waals surface area contributed by atoms with Crippen LogP contribution >= 0.6 is 31.9 Å². The molecule has 1 aromatic rings. The van der Waals surface area contributed by atoms with Crippen LogP contribution in [0, 0.1) is 0 Å². The number of alkyl halides is 2. The Kier molecular flexibility index (Phi) is 12.9. The van der Waals surface area contributed by atoms with E-state index in [0.717, 1.165) is 5.56 Å². The van der Waals surface area contributed by atoms with Gasteiger partial charge in [0.2, 0.25) is 0 Å². The Morgan fingerprint density at radius 2 is 1.63 bits per heavy atom. The SMILES string of the molecule is COCO[C@@H]1[C@H](Br)[C@H](CO[Si](C(C)C)(C(C)C)C(C)C)O[C@@](CO)(COCc2ccccc2)[C@@H]1Br. The Morgan fingerprint density at radius 1 is 1.03 bits per heavy atom. The molecule has 0 bridgehead atoms. The zero-order chi connectivity index (χ0) is 26.2. The predicted molar refractivity (Wildman–Crippen MR) is 150 cm³/mol. The summed E-state index contributed by atoms with van der Waals surface area (Å²) in [5.74, 6) is 0. The number of aliphatic hydroxyl groups is 1. The van der Waals surface area contributed by atoms with Crippen LogP contribution in [-0.2, 0) is 30.0 Å². The van der Waals surface area contributed by atoms with Crippen LogP contribution in [-0.4, -0.2) is 74.6 Å². The van der Waals surface area contributed by atoms with E-state index in [1.807, 2.05) is 30.3 Å². The van der Waals surface area contributed by atoms with Crippen molar-refractivity contribution in [2.45, 2.75) is 92.2 Å². The minimum atomic E-state index is -2.10. The summed E-state index contributed by atoms with van der Waals surface area (Å²) < 4.78 is 30.9. The van der Waals surface area contributed by atoms with Crippen LogP contribution < -0.4 is 0 Å². The third kappa shape index (κ3) is 7.39. The molecule has 0 aromatic heterocycles. The monoisotopic (exact) mass is 638 g/mol. The smallest absolute Gasteiger partial charge is 0.200 e. The topological polar surface area (TPSA) is 66.4 Å². The van der Waals surface area contributed by atoms with Crippen LogP contribution in [0.15, 0.2) is 30.3 Å². The van der Waals surface area contributed by atoms with Crippen molar-refractivity contribution in [1.29, 1.82) is 0 Å². The molecular weight excluding hydrogens is 596 g/mol. The molecule has 0 spiro atoms. The molecule has 0 radical (unpaired) electrons. The van der Waals surface area contributed by atoms with Crippen molar-refractivity contribution in [3.63, 3.8) is 0 Å². The molecule has 5 atom stereocenters. The molecule has 0 saturated carbocycles. The van der Waals surface area contributed by atoms with Gasteiger partial charge in [0.15, 0.2) is 8.32 Å². The molecule has 1 aromatic carbocycles. The quantitative estimate of drug-likeness (QED) is 0.152. The van der Waals surface area contributed by atoms with Gasteiger partial charge in [0.05, 0.1) is 48.3 Å². The average molecular weight is 641 g/mol. The molecular formula is C26H44Br2O6Si. The lowest BCUT2D eigenvalue weighted by molar-refractivity contribution is -0.216. The van der Waals surface area contributed by atoms with Crippen molar-refractivity contribution in [2.75, 3.05) is 33.7 Å². The molecule has 6 nitrogen and oxygen atoms in total. The summed E-state index contributed by atoms with van der Waals surface area (Å²) in [6.45, 7) is 14.6. The maximum atomic E-state index is 10.6. The number of rotatable bonds is 14. The summed E-state index contributed by atoms with van der Waals surface area (Å²) in [6, 6.07) is 9.98. The van der Waals surface area contributed by atoms with E-state index >= 15 is 0 Å². The summed E-state index contributed by atoms with van der Waals surface area (Å²) in [5, 5.41) is 10.6. The first-order chi connectivity index (χ1) is 16.6. The molecule has 0 amide bonds. The van der Waals surface area contributed by atoms with Crippen molar-refractivity contribution in [3.05, 3.63) is 35.9 Å². The second kappa shape index (κ2) is 14.3. The Hall–Kier alpha value is 0.157. The van der Waals surface area contributed by atoms with Crippen LogP contribution in [0.3, 0.4) is 0 Å². The largest absolute Gasteiger partial charge is 0.413 e. The second-order valence-corrected chi connectivity index (χ2v) is 17.9. The Labute approximate surface area is 229 Å². The van der Waals surface area contributed by atoms with Crippen molar-refractivity contribution < 1.29 is 28.5 Å². The van der Waals surface area contributed by atoms with Gasteiger partial charge in [-0.1, -0.05) is 104 Å². The van der Waals surface area contributed by atoms with Gasteiger partial charge < -0.3 is 28.5 Å². The molecule has 202 valence electrons. The van der Waals surface area contributed by atoms with Crippen molar-refractivity contribution in [1.82, 2.24) is 0 Å². The zero-order valence-electron chi connectivity index (χ0n) is 22.2. The molecule has 1 heterocycles. The number of aliphatic hydroxyl groups excluding tert-OH is 1. The van der Waals surface area contributed by atoms with E-state index in [1.54, 1.807) is 7.11 Å². The number of hydrogen-bond donors (Lipinski definition) is 1. The standard InChI is InChI=1S/C26H44Br2O6Si/c1-18(2)35(19(3)4,20(5)6)33-14-22-23(27)24(32-17-30-7)25(28)26(15-29,34-22)16-31-13-21-11-9-8-10-12-21/h8-12,18-20,22-25,29H,13-17H2,1-7H3/t22-,23+,24+,25+,26-/m0/s1. The summed E-state index contributed by atoms with van der Waals surface area (Å²) in [5.41, 5.74) is 1.45. The number of ether oxygens (including phenoxy) is 4. The summed E-state index contributed by atoms with van der Waals surface area (Å²) in [7, 11) is -0.504. The number of halogens is 2. The van der Waals surface area contributed by atoms with Crippen LogP contribution in [0.1, 0.15) is 47.1 Å². The van der Waals surface area contributed by atoms with Crippen molar-refractivity contribution in [2.24, 2.45) is 0 Å². The molecule has 1 N–H and O–H groups in total. The van der Waals surface area contributed by atoms with Gasteiger partial charge in [-0.05, 0) is 22.2 Å². The molecule has 35 heavy (non-hydrogen) atoms. The highest BCUT2D eigenvalue weighted by Crippen LogP contribution is 2.44. The maximum absolute atomic E-state index is 10.6. The second-order valence-electron chi connectivity index (χ2n) is 10.4. The number of hydrogen-bond acceptors (Lipinski definition) is 6. The molecule has 1 saturated heterocycles. The van der Waals surface area contributed by atoms with E-state index in [0.29, 0.717) is 29.8 Å². The zero-order valence-corrected chi connectivity index (χ0v) is 26.4. The van der Waals surface area contributed by atoms with Gasteiger partial charge in [-0.15, -0.1) is 0 Å². The maximum Gasteiger partial charge on any atom is 0.200 e. The molecule has 2 rings (SSSR count). The Balaban J connectivity index is 2.27. The Morgan fingerprint density at radius 3 is 2.14 bits per heavy atom. The van der Waals surface area contributed by atoms with Crippen LogP contribution in [0.25, 0.3) is 0 Å².